The van der Waals surface area contributed by atoms with Crippen LogP contribution in [0.25, 0.3) is 0 Å². The molecular weight excluding hydrogens is 270 g/mol. The Morgan fingerprint density at radius 3 is 2.55 bits per heavy atom. The fraction of sp³-hybridized carbons (Fsp3) is 0.812. The summed E-state index contributed by atoms with van der Waals surface area (Å²) in [6.07, 6.45) is 5.77. The average molecular weight is 298 g/mol. The van der Waals surface area contributed by atoms with Crippen LogP contribution in [0.3, 0.4) is 0 Å². The van der Waals surface area contributed by atoms with Crippen LogP contribution in [0.15, 0.2) is 0 Å². The summed E-state index contributed by atoms with van der Waals surface area (Å²) in [7, 11) is 0. The van der Waals surface area contributed by atoms with Gasteiger partial charge in [-0.2, -0.15) is 5.10 Å². The van der Waals surface area contributed by atoms with Gasteiger partial charge in [0.05, 0.1) is 16.4 Å². The van der Waals surface area contributed by atoms with Gasteiger partial charge >= 0.3 is 0 Å². The van der Waals surface area contributed by atoms with Crippen LogP contribution in [0.1, 0.15) is 58.3 Å². The molecule has 0 radical (unpaired) electrons. The Morgan fingerprint density at radius 1 is 1.35 bits per heavy atom. The van der Waals surface area contributed by atoms with Crippen LogP contribution < -0.4 is 5.32 Å². The molecule has 3 nitrogen and oxygen atoms in total. The zero-order valence-electron chi connectivity index (χ0n) is 13.3. The van der Waals surface area contributed by atoms with E-state index < -0.39 is 0 Å². The largest absolute Gasteiger partial charge is 0.314 e. The highest BCUT2D eigenvalue weighted by molar-refractivity contribution is 6.31. The molecule has 1 aromatic heterocycles. The standard InChI is InChI=1S/C16H28ClN3/c1-5-10-18-12(4)16(8-9-16)11-14-15(17)13(6-2)19-20(14)7-3/h12,18H,5-11H2,1-4H3. The van der Waals surface area contributed by atoms with Crippen molar-refractivity contribution in [3.8, 4) is 0 Å². The Bertz CT molecular complexity index is 449. The average Bonchev–Trinajstić information content (AvgIpc) is 3.18. The maximum atomic E-state index is 6.55. The van der Waals surface area contributed by atoms with E-state index in [1.165, 1.54) is 25.0 Å². The molecule has 0 spiro atoms. The van der Waals surface area contributed by atoms with E-state index in [0.717, 1.165) is 36.6 Å². The molecule has 4 heteroatoms. The highest BCUT2D eigenvalue weighted by Crippen LogP contribution is 2.52. The van der Waals surface area contributed by atoms with E-state index in [1.807, 2.05) is 0 Å². The minimum atomic E-state index is 0.400. The second-order valence-electron chi connectivity index (χ2n) is 6.09. The van der Waals surface area contributed by atoms with Crippen LogP contribution >= 0.6 is 11.6 Å². The van der Waals surface area contributed by atoms with Gasteiger partial charge in [-0.15, -0.1) is 0 Å². The van der Waals surface area contributed by atoms with E-state index in [1.54, 1.807) is 0 Å². The van der Waals surface area contributed by atoms with Crippen molar-refractivity contribution in [2.75, 3.05) is 6.54 Å². The lowest BCUT2D eigenvalue weighted by molar-refractivity contribution is 0.342. The summed E-state index contributed by atoms with van der Waals surface area (Å²) in [4.78, 5) is 0. The first-order chi connectivity index (χ1) is 9.57. The van der Waals surface area contributed by atoms with Crippen LogP contribution in [0, 0.1) is 5.41 Å². The van der Waals surface area contributed by atoms with Crippen molar-refractivity contribution < 1.29 is 0 Å². The fourth-order valence-electron chi connectivity index (χ4n) is 3.02. The number of aryl methyl sites for hydroxylation is 2. The molecule has 2 rings (SSSR count). The van der Waals surface area contributed by atoms with Gasteiger partial charge in [-0.3, -0.25) is 4.68 Å². The van der Waals surface area contributed by atoms with Crippen LogP contribution in [-0.4, -0.2) is 22.4 Å². The van der Waals surface area contributed by atoms with Gasteiger partial charge in [-0.05, 0) is 57.9 Å². The summed E-state index contributed by atoms with van der Waals surface area (Å²) in [5, 5.41) is 9.21. The monoisotopic (exact) mass is 297 g/mol. The van der Waals surface area contributed by atoms with Gasteiger partial charge in [0, 0.05) is 12.6 Å². The lowest BCUT2D eigenvalue weighted by Crippen LogP contribution is -2.37. The summed E-state index contributed by atoms with van der Waals surface area (Å²) in [6, 6.07) is 0.559. The van der Waals surface area contributed by atoms with Gasteiger partial charge in [-0.25, -0.2) is 0 Å². The maximum Gasteiger partial charge on any atom is 0.0850 e. The van der Waals surface area contributed by atoms with Crippen LogP contribution in [0.2, 0.25) is 5.02 Å². The Balaban J connectivity index is 2.15. The van der Waals surface area contributed by atoms with Gasteiger partial charge in [0.25, 0.3) is 0 Å². The molecule has 0 amide bonds. The molecule has 1 N–H and O–H groups in total. The Kier molecular flexibility index (Phi) is 5.14. The van der Waals surface area contributed by atoms with Crippen molar-refractivity contribution in [2.45, 2.75) is 72.4 Å². The van der Waals surface area contributed by atoms with Gasteiger partial charge in [-0.1, -0.05) is 25.4 Å². The third-order valence-corrected chi connectivity index (χ3v) is 5.16. The Labute approximate surface area is 128 Å². The third-order valence-electron chi connectivity index (χ3n) is 4.72. The first-order valence-corrected chi connectivity index (χ1v) is 8.43. The molecule has 20 heavy (non-hydrogen) atoms. The number of nitrogens with zero attached hydrogens (tertiary/aromatic N) is 2. The topological polar surface area (TPSA) is 29.9 Å². The van der Waals surface area contributed by atoms with Crippen molar-refractivity contribution in [3.63, 3.8) is 0 Å². The number of aromatic nitrogens is 2. The molecule has 0 aliphatic heterocycles. The second-order valence-corrected chi connectivity index (χ2v) is 6.47. The Hall–Kier alpha value is -0.540. The number of hydrogen-bond acceptors (Lipinski definition) is 2. The van der Waals surface area contributed by atoms with E-state index >= 15 is 0 Å². The lowest BCUT2D eigenvalue weighted by atomic mass is 9.91. The number of rotatable bonds is 8. The fourth-order valence-corrected chi connectivity index (χ4v) is 3.36. The van der Waals surface area contributed by atoms with Crippen molar-refractivity contribution >= 4 is 11.6 Å². The lowest BCUT2D eigenvalue weighted by Gasteiger charge is -2.25. The maximum absolute atomic E-state index is 6.55. The third kappa shape index (κ3) is 3.04. The quantitative estimate of drug-likeness (QED) is 0.790. The molecule has 0 aromatic carbocycles. The van der Waals surface area contributed by atoms with Crippen molar-refractivity contribution in [1.29, 1.82) is 0 Å². The normalized spacial score (nSPS) is 18.2. The van der Waals surface area contributed by atoms with Crippen LogP contribution in [0.4, 0.5) is 0 Å². The Morgan fingerprint density at radius 2 is 2.05 bits per heavy atom. The van der Waals surface area contributed by atoms with Gasteiger partial charge < -0.3 is 5.32 Å². The molecule has 1 unspecified atom stereocenters. The first-order valence-electron chi connectivity index (χ1n) is 8.05. The molecule has 1 aliphatic carbocycles. The second kappa shape index (κ2) is 6.48. The summed E-state index contributed by atoms with van der Waals surface area (Å²) < 4.78 is 2.10. The summed E-state index contributed by atoms with van der Waals surface area (Å²) in [6.45, 7) is 10.8. The van der Waals surface area contributed by atoms with Gasteiger partial charge in [0.1, 0.15) is 0 Å². The van der Waals surface area contributed by atoms with E-state index in [0.29, 0.717) is 11.5 Å². The van der Waals surface area contributed by atoms with Crippen molar-refractivity contribution in [3.05, 3.63) is 16.4 Å². The summed E-state index contributed by atoms with van der Waals surface area (Å²) >= 11 is 6.55. The molecule has 0 bridgehead atoms. The smallest absolute Gasteiger partial charge is 0.0850 e. The first kappa shape index (κ1) is 15.8. The number of halogens is 1. The minimum absolute atomic E-state index is 0.400. The molecule has 1 saturated carbocycles. The van der Waals surface area contributed by atoms with Crippen LogP contribution in [-0.2, 0) is 19.4 Å². The zero-order valence-corrected chi connectivity index (χ0v) is 14.1. The summed E-state index contributed by atoms with van der Waals surface area (Å²) in [5.41, 5.74) is 2.69. The molecule has 1 atom stereocenters. The predicted octanol–water partition coefficient (Wildman–Crippen LogP) is 3.83. The molecule has 1 heterocycles. The van der Waals surface area contributed by atoms with Crippen molar-refractivity contribution in [2.24, 2.45) is 5.41 Å². The molecule has 114 valence electrons. The SMILES string of the molecule is CCCNC(C)C1(Cc2c(Cl)c(CC)nn2CC)CC1. The van der Waals surface area contributed by atoms with Gasteiger partial charge in [0.2, 0.25) is 0 Å². The number of hydrogen-bond donors (Lipinski definition) is 1. The van der Waals surface area contributed by atoms with E-state index in [2.05, 4.69) is 42.8 Å². The van der Waals surface area contributed by atoms with E-state index in [9.17, 15) is 0 Å². The molecule has 0 saturated heterocycles. The van der Waals surface area contributed by atoms with Crippen molar-refractivity contribution in [1.82, 2.24) is 15.1 Å². The molecule has 1 aliphatic rings. The number of nitrogens with one attached hydrogen (secondary N) is 1. The summed E-state index contributed by atoms with van der Waals surface area (Å²) in [5.74, 6) is 0. The predicted molar refractivity (Wildman–Crippen MR) is 85.4 cm³/mol. The van der Waals surface area contributed by atoms with E-state index in [4.69, 9.17) is 11.6 Å². The highest BCUT2D eigenvalue weighted by atomic mass is 35.5. The van der Waals surface area contributed by atoms with E-state index in [-0.39, 0.29) is 0 Å². The van der Waals surface area contributed by atoms with Gasteiger partial charge in [0.15, 0.2) is 0 Å². The van der Waals surface area contributed by atoms with Crippen LogP contribution in [0.5, 0.6) is 0 Å². The minimum Gasteiger partial charge on any atom is -0.314 e. The highest BCUT2D eigenvalue weighted by Gasteiger charge is 2.48. The molecule has 1 fully saturated rings. The zero-order chi connectivity index (χ0) is 14.8. The molecular formula is C16H28ClN3. The molecule has 1 aromatic rings.